The molecule has 1 atom stereocenters. The third-order valence-corrected chi connectivity index (χ3v) is 4.79. The van der Waals surface area contributed by atoms with Gasteiger partial charge in [0.1, 0.15) is 0 Å². The van der Waals surface area contributed by atoms with Crippen LogP contribution in [0.25, 0.3) is 0 Å². The van der Waals surface area contributed by atoms with E-state index in [9.17, 15) is 0 Å². The molecule has 1 unspecified atom stereocenters. The molecule has 2 aromatic rings. The summed E-state index contributed by atoms with van der Waals surface area (Å²) in [5.41, 5.74) is 2.80. The molecule has 19 heavy (non-hydrogen) atoms. The first kappa shape index (κ1) is 12.9. The highest BCUT2D eigenvalue weighted by atomic mass is 32.1. The van der Waals surface area contributed by atoms with Gasteiger partial charge >= 0.3 is 0 Å². The summed E-state index contributed by atoms with van der Waals surface area (Å²) >= 11 is 1.90. The van der Waals surface area contributed by atoms with Gasteiger partial charge in [-0.1, -0.05) is 13.8 Å². The fourth-order valence-electron chi connectivity index (χ4n) is 2.81. The lowest BCUT2D eigenvalue weighted by molar-refractivity contribution is 0.468. The van der Waals surface area contributed by atoms with Crippen molar-refractivity contribution in [1.29, 1.82) is 0 Å². The normalized spacial score (nSPS) is 18.8. The van der Waals surface area contributed by atoms with E-state index >= 15 is 0 Å². The number of hydrogen-bond acceptors (Lipinski definition) is 3. The van der Waals surface area contributed by atoms with Crippen LogP contribution in [-0.4, -0.2) is 15.6 Å². The topological polar surface area (TPSA) is 29.9 Å². The lowest BCUT2D eigenvalue weighted by atomic mass is 9.93. The summed E-state index contributed by atoms with van der Waals surface area (Å²) in [7, 11) is 0. The maximum Gasteiger partial charge on any atom is 0.0954 e. The van der Waals surface area contributed by atoms with E-state index < -0.39 is 0 Å². The van der Waals surface area contributed by atoms with Gasteiger partial charge in [0.25, 0.3) is 0 Å². The van der Waals surface area contributed by atoms with E-state index in [0.717, 1.165) is 6.54 Å². The number of nitrogens with zero attached hydrogens (tertiary/aromatic N) is 2. The molecule has 3 rings (SSSR count). The fourth-order valence-corrected chi connectivity index (χ4v) is 3.79. The van der Waals surface area contributed by atoms with E-state index in [2.05, 4.69) is 40.2 Å². The van der Waals surface area contributed by atoms with Gasteiger partial charge in [0, 0.05) is 23.7 Å². The van der Waals surface area contributed by atoms with Gasteiger partial charge in [0.05, 0.1) is 18.1 Å². The van der Waals surface area contributed by atoms with Crippen molar-refractivity contribution in [3.8, 4) is 0 Å². The molecule has 2 heterocycles. The Hall–Kier alpha value is -1.13. The van der Waals surface area contributed by atoms with Gasteiger partial charge in [-0.25, -0.2) is 4.98 Å². The molecule has 0 fully saturated rings. The molecule has 0 bridgehead atoms. The Kier molecular flexibility index (Phi) is 3.71. The van der Waals surface area contributed by atoms with Gasteiger partial charge in [-0.15, -0.1) is 11.3 Å². The number of thiophene rings is 1. The van der Waals surface area contributed by atoms with Crippen molar-refractivity contribution in [2.24, 2.45) is 0 Å². The van der Waals surface area contributed by atoms with Crippen LogP contribution in [0.15, 0.2) is 24.0 Å². The zero-order chi connectivity index (χ0) is 13.2. The number of hydrogen-bond donors (Lipinski definition) is 1. The van der Waals surface area contributed by atoms with Crippen molar-refractivity contribution in [2.45, 2.75) is 51.7 Å². The summed E-state index contributed by atoms with van der Waals surface area (Å²) in [6.45, 7) is 5.25. The highest BCUT2D eigenvalue weighted by Crippen LogP contribution is 2.36. The molecular formula is C15H21N3S. The van der Waals surface area contributed by atoms with Crippen LogP contribution in [0.4, 0.5) is 0 Å². The zero-order valence-corrected chi connectivity index (χ0v) is 12.4. The molecule has 4 heteroatoms. The smallest absolute Gasteiger partial charge is 0.0954 e. The van der Waals surface area contributed by atoms with Crippen LogP contribution >= 0.6 is 11.3 Å². The Morgan fingerprint density at radius 1 is 1.53 bits per heavy atom. The molecule has 1 aliphatic carbocycles. The van der Waals surface area contributed by atoms with Crippen molar-refractivity contribution < 1.29 is 0 Å². The quantitative estimate of drug-likeness (QED) is 0.927. The van der Waals surface area contributed by atoms with E-state index in [1.807, 2.05) is 23.9 Å². The van der Waals surface area contributed by atoms with Crippen LogP contribution in [0.5, 0.6) is 0 Å². The van der Waals surface area contributed by atoms with Gasteiger partial charge < -0.3 is 9.88 Å². The molecule has 0 radical (unpaired) electrons. The largest absolute Gasteiger partial charge is 0.326 e. The van der Waals surface area contributed by atoms with Crippen molar-refractivity contribution in [2.75, 3.05) is 0 Å². The highest BCUT2D eigenvalue weighted by molar-refractivity contribution is 7.10. The molecule has 102 valence electrons. The predicted octanol–water partition coefficient (Wildman–Crippen LogP) is 3.37. The number of nitrogens with one attached hydrogen (secondary N) is 1. The summed E-state index contributed by atoms with van der Waals surface area (Å²) in [5.74, 6) is 0. The molecule has 2 aromatic heterocycles. The molecule has 3 nitrogen and oxygen atoms in total. The second kappa shape index (κ2) is 5.47. The zero-order valence-electron chi connectivity index (χ0n) is 11.6. The van der Waals surface area contributed by atoms with E-state index in [-0.39, 0.29) is 0 Å². The fraction of sp³-hybridized carbons (Fsp3) is 0.533. The van der Waals surface area contributed by atoms with Crippen LogP contribution in [0.3, 0.4) is 0 Å². The maximum absolute atomic E-state index is 4.36. The molecule has 0 aliphatic heterocycles. The molecule has 1 aliphatic rings. The molecular weight excluding hydrogens is 254 g/mol. The standard InChI is InChI=1S/C15H21N3S/c1-11(2)17-9-12-8-16-10-18(12)14-4-3-5-15-13(14)6-7-19-15/h6-8,10-11,14,17H,3-5,9H2,1-2H3. The minimum Gasteiger partial charge on any atom is -0.326 e. The minimum atomic E-state index is 0.487. The Bertz CT molecular complexity index is 541. The van der Waals surface area contributed by atoms with Crippen molar-refractivity contribution in [1.82, 2.24) is 14.9 Å². The van der Waals surface area contributed by atoms with E-state index in [1.54, 1.807) is 4.88 Å². The Morgan fingerprint density at radius 2 is 2.42 bits per heavy atom. The van der Waals surface area contributed by atoms with Gasteiger partial charge in [-0.3, -0.25) is 0 Å². The lowest BCUT2D eigenvalue weighted by Crippen LogP contribution is -2.25. The van der Waals surface area contributed by atoms with Crippen molar-refractivity contribution in [3.05, 3.63) is 40.1 Å². The van der Waals surface area contributed by atoms with Crippen molar-refractivity contribution >= 4 is 11.3 Å². The van der Waals surface area contributed by atoms with E-state index in [1.165, 1.54) is 30.5 Å². The first-order chi connectivity index (χ1) is 9.25. The second-order valence-corrected chi connectivity index (χ2v) is 6.54. The monoisotopic (exact) mass is 275 g/mol. The van der Waals surface area contributed by atoms with Gasteiger partial charge in [-0.2, -0.15) is 0 Å². The van der Waals surface area contributed by atoms with Gasteiger partial charge in [0.2, 0.25) is 0 Å². The molecule has 0 saturated carbocycles. The van der Waals surface area contributed by atoms with Crippen LogP contribution < -0.4 is 5.32 Å². The summed E-state index contributed by atoms with van der Waals surface area (Å²) < 4.78 is 2.36. The SMILES string of the molecule is CC(C)NCc1cncn1C1CCCc2sccc21. The summed E-state index contributed by atoms with van der Waals surface area (Å²) in [6.07, 6.45) is 7.75. The highest BCUT2D eigenvalue weighted by Gasteiger charge is 2.23. The van der Waals surface area contributed by atoms with Crippen molar-refractivity contribution in [3.63, 3.8) is 0 Å². The van der Waals surface area contributed by atoms with Crippen LogP contribution in [0.1, 0.15) is 48.9 Å². The number of fused-ring (bicyclic) bond motifs is 1. The summed E-state index contributed by atoms with van der Waals surface area (Å²) in [6, 6.07) is 3.29. The third kappa shape index (κ3) is 2.60. The van der Waals surface area contributed by atoms with Gasteiger partial charge in [-0.05, 0) is 36.3 Å². The van der Waals surface area contributed by atoms with E-state index in [0.29, 0.717) is 12.1 Å². The molecule has 1 N–H and O–H groups in total. The molecule has 0 spiro atoms. The number of imidazole rings is 1. The molecule has 0 aromatic carbocycles. The Morgan fingerprint density at radius 3 is 3.26 bits per heavy atom. The third-order valence-electron chi connectivity index (χ3n) is 3.79. The van der Waals surface area contributed by atoms with E-state index in [4.69, 9.17) is 0 Å². The van der Waals surface area contributed by atoms with Crippen LogP contribution in [0, 0.1) is 0 Å². The number of aromatic nitrogens is 2. The molecule has 0 amide bonds. The first-order valence-corrected chi connectivity index (χ1v) is 7.94. The Balaban J connectivity index is 1.86. The van der Waals surface area contributed by atoms with Crippen LogP contribution in [0.2, 0.25) is 0 Å². The maximum atomic E-state index is 4.36. The summed E-state index contributed by atoms with van der Waals surface area (Å²) in [4.78, 5) is 5.92. The van der Waals surface area contributed by atoms with Gasteiger partial charge in [0.15, 0.2) is 0 Å². The molecule has 0 saturated heterocycles. The average Bonchev–Trinajstić information content (AvgIpc) is 3.04. The minimum absolute atomic E-state index is 0.487. The average molecular weight is 275 g/mol. The summed E-state index contributed by atoms with van der Waals surface area (Å²) in [5, 5.41) is 5.72. The predicted molar refractivity (Wildman–Crippen MR) is 79.6 cm³/mol. The first-order valence-electron chi connectivity index (χ1n) is 7.06. The number of aryl methyl sites for hydroxylation is 1. The number of rotatable bonds is 4. The lowest BCUT2D eigenvalue weighted by Gasteiger charge is -2.26. The second-order valence-electron chi connectivity index (χ2n) is 5.53. The Labute approximate surface area is 118 Å². The van der Waals surface area contributed by atoms with Crippen LogP contribution in [-0.2, 0) is 13.0 Å².